The molecule has 0 saturated heterocycles. The maximum Gasteiger partial charge on any atom is 0.242 e. The van der Waals surface area contributed by atoms with Gasteiger partial charge >= 0.3 is 0 Å². The second-order valence-electron chi connectivity index (χ2n) is 4.05. The summed E-state index contributed by atoms with van der Waals surface area (Å²) in [5, 5.41) is 2.02. The Labute approximate surface area is 114 Å². The van der Waals surface area contributed by atoms with Crippen LogP contribution >= 0.6 is 39.7 Å². The van der Waals surface area contributed by atoms with E-state index in [1.165, 1.54) is 4.88 Å². The van der Waals surface area contributed by atoms with Gasteiger partial charge in [-0.05, 0) is 34.8 Å². The molecule has 16 heavy (non-hydrogen) atoms. The van der Waals surface area contributed by atoms with Crippen LogP contribution in [0.25, 0.3) is 0 Å². The zero-order valence-corrected chi connectivity index (χ0v) is 12.1. The fraction of sp³-hybridized carbons (Fsp3) is 0.500. The lowest BCUT2D eigenvalue weighted by Gasteiger charge is -2.19. The van der Waals surface area contributed by atoms with Gasteiger partial charge in [0.1, 0.15) is 0 Å². The molecule has 0 spiro atoms. The highest BCUT2D eigenvalue weighted by Crippen LogP contribution is 2.34. The van der Waals surface area contributed by atoms with Crippen LogP contribution in [-0.2, 0) is 11.3 Å². The van der Waals surface area contributed by atoms with Crippen molar-refractivity contribution >= 4 is 45.6 Å². The zero-order valence-electron chi connectivity index (χ0n) is 8.90. The van der Waals surface area contributed by atoms with Crippen molar-refractivity contribution in [2.45, 2.75) is 24.9 Å². The lowest BCUT2D eigenvalue weighted by molar-refractivity contribution is -0.132. The molecule has 1 heterocycles. The minimum absolute atomic E-state index is 0. The Hall–Kier alpha value is -0.100. The van der Waals surface area contributed by atoms with Crippen LogP contribution in [0.3, 0.4) is 0 Å². The predicted octanol–water partition coefficient (Wildman–Crippen LogP) is 2.38. The lowest BCUT2D eigenvalue weighted by Crippen LogP contribution is -2.43. The molecular weight excluding hydrogens is 312 g/mol. The van der Waals surface area contributed by atoms with E-state index in [-0.39, 0.29) is 18.3 Å². The number of nitrogens with two attached hydrogens (primary N) is 1. The summed E-state index contributed by atoms with van der Waals surface area (Å²) in [5.74, 6) is 0.0621. The van der Waals surface area contributed by atoms with E-state index in [9.17, 15) is 4.79 Å². The first kappa shape index (κ1) is 14.0. The average Bonchev–Trinajstić information content (AvgIpc) is 2.80. The molecule has 3 nitrogen and oxygen atoms in total. The van der Waals surface area contributed by atoms with E-state index in [2.05, 4.69) is 15.9 Å². The summed E-state index contributed by atoms with van der Waals surface area (Å²) in [5.41, 5.74) is 5.30. The van der Waals surface area contributed by atoms with Gasteiger partial charge in [0.15, 0.2) is 0 Å². The number of likely N-dealkylation sites (N-methyl/N-ethyl adjacent to an activating group) is 1. The molecule has 1 amide bonds. The number of nitrogens with zero attached hydrogens (tertiary/aromatic N) is 1. The fourth-order valence-electron chi connectivity index (χ4n) is 1.47. The standard InChI is InChI=1S/C10H13BrN2OS.ClH/c1-13(9(14)10(12)2-3-10)5-8-4-7(11)6-15-8;/h4,6H,2-3,5,12H2,1H3;1H. The average molecular weight is 326 g/mol. The van der Waals surface area contributed by atoms with Crippen molar-refractivity contribution in [3.8, 4) is 0 Å². The summed E-state index contributed by atoms with van der Waals surface area (Å²) in [6.07, 6.45) is 1.65. The van der Waals surface area contributed by atoms with E-state index in [0.29, 0.717) is 6.54 Å². The molecule has 1 saturated carbocycles. The van der Waals surface area contributed by atoms with Crippen molar-refractivity contribution in [2.75, 3.05) is 7.05 Å². The minimum atomic E-state index is -0.552. The van der Waals surface area contributed by atoms with E-state index in [4.69, 9.17) is 5.73 Å². The molecule has 0 atom stereocenters. The Morgan fingerprint density at radius 2 is 2.31 bits per heavy atom. The quantitative estimate of drug-likeness (QED) is 0.927. The number of hydrogen-bond donors (Lipinski definition) is 1. The number of amides is 1. The molecule has 2 N–H and O–H groups in total. The largest absolute Gasteiger partial charge is 0.339 e. The Bertz CT molecular complexity index is 392. The Morgan fingerprint density at radius 3 is 2.75 bits per heavy atom. The zero-order chi connectivity index (χ0) is 11.1. The topological polar surface area (TPSA) is 46.3 Å². The first-order chi connectivity index (χ1) is 7.01. The maximum atomic E-state index is 11.8. The first-order valence-electron chi connectivity index (χ1n) is 4.79. The highest BCUT2D eigenvalue weighted by Gasteiger charge is 2.47. The monoisotopic (exact) mass is 324 g/mol. The second-order valence-corrected chi connectivity index (χ2v) is 5.96. The molecule has 2 rings (SSSR count). The third kappa shape index (κ3) is 2.97. The summed E-state index contributed by atoms with van der Waals surface area (Å²) in [6.45, 7) is 0.647. The van der Waals surface area contributed by atoms with Gasteiger partial charge in [0.25, 0.3) is 0 Å². The summed E-state index contributed by atoms with van der Waals surface area (Å²) in [4.78, 5) is 14.7. The predicted molar refractivity (Wildman–Crippen MR) is 71.9 cm³/mol. The van der Waals surface area contributed by atoms with Crippen LogP contribution in [0.15, 0.2) is 15.9 Å². The molecule has 90 valence electrons. The first-order valence-corrected chi connectivity index (χ1v) is 6.46. The van der Waals surface area contributed by atoms with E-state index in [1.54, 1.807) is 16.2 Å². The molecule has 0 aliphatic heterocycles. The van der Waals surface area contributed by atoms with Crippen molar-refractivity contribution in [2.24, 2.45) is 5.73 Å². The molecular formula is C10H14BrClN2OS. The highest BCUT2D eigenvalue weighted by atomic mass is 79.9. The van der Waals surface area contributed by atoms with Gasteiger partial charge in [-0.1, -0.05) is 0 Å². The number of thiophene rings is 1. The summed E-state index contributed by atoms with van der Waals surface area (Å²) < 4.78 is 1.07. The van der Waals surface area contributed by atoms with Crippen molar-refractivity contribution < 1.29 is 4.79 Å². The third-order valence-electron chi connectivity index (χ3n) is 2.58. The van der Waals surface area contributed by atoms with Gasteiger partial charge in [0, 0.05) is 21.8 Å². The summed E-state index contributed by atoms with van der Waals surface area (Å²) >= 11 is 5.04. The number of rotatable bonds is 3. The van der Waals surface area contributed by atoms with Gasteiger partial charge < -0.3 is 10.6 Å². The molecule has 0 bridgehead atoms. The SMILES string of the molecule is CN(Cc1cc(Br)cs1)C(=O)C1(N)CC1.Cl. The Morgan fingerprint density at radius 1 is 1.69 bits per heavy atom. The van der Waals surface area contributed by atoms with Gasteiger partial charge in [-0.3, -0.25) is 4.79 Å². The van der Waals surface area contributed by atoms with Gasteiger partial charge in [0.05, 0.1) is 12.1 Å². The van der Waals surface area contributed by atoms with Crippen LogP contribution in [0.2, 0.25) is 0 Å². The normalized spacial score (nSPS) is 16.4. The van der Waals surface area contributed by atoms with E-state index >= 15 is 0 Å². The smallest absolute Gasteiger partial charge is 0.242 e. The van der Waals surface area contributed by atoms with Crippen LogP contribution in [-0.4, -0.2) is 23.4 Å². The van der Waals surface area contributed by atoms with Crippen molar-refractivity contribution in [3.05, 3.63) is 20.8 Å². The van der Waals surface area contributed by atoms with Crippen LogP contribution in [0.5, 0.6) is 0 Å². The van der Waals surface area contributed by atoms with Crippen LogP contribution in [0, 0.1) is 0 Å². The molecule has 1 fully saturated rings. The molecule has 0 aromatic carbocycles. The van der Waals surface area contributed by atoms with Crippen molar-refractivity contribution in [1.82, 2.24) is 4.90 Å². The molecule has 6 heteroatoms. The number of halogens is 2. The molecule has 0 unspecified atom stereocenters. The fourth-order valence-corrected chi connectivity index (χ4v) is 2.97. The maximum absolute atomic E-state index is 11.8. The molecule has 0 radical (unpaired) electrons. The van der Waals surface area contributed by atoms with E-state index in [1.807, 2.05) is 18.5 Å². The number of hydrogen-bond acceptors (Lipinski definition) is 3. The van der Waals surface area contributed by atoms with E-state index < -0.39 is 5.54 Å². The lowest BCUT2D eigenvalue weighted by atomic mass is 10.2. The second kappa shape index (κ2) is 5.04. The van der Waals surface area contributed by atoms with E-state index in [0.717, 1.165) is 17.3 Å². The summed E-state index contributed by atoms with van der Waals surface area (Å²) in [7, 11) is 1.81. The molecule has 1 aliphatic rings. The highest BCUT2D eigenvalue weighted by molar-refractivity contribution is 9.10. The summed E-state index contributed by atoms with van der Waals surface area (Å²) in [6, 6.07) is 2.03. The Balaban J connectivity index is 0.00000128. The van der Waals surface area contributed by atoms with Crippen LogP contribution < -0.4 is 5.73 Å². The number of carbonyl (C=O) groups is 1. The van der Waals surface area contributed by atoms with Crippen molar-refractivity contribution in [1.29, 1.82) is 0 Å². The molecule has 1 aromatic heterocycles. The van der Waals surface area contributed by atoms with Gasteiger partial charge in [-0.2, -0.15) is 0 Å². The van der Waals surface area contributed by atoms with Gasteiger partial charge in [-0.25, -0.2) is 0 Å². The van der Waals surface area contributed by atoms with Crippen LogP contribution in [0.1, 0.15) is 17.7 Å². The Kier molecular flexibility index (Phi) is 4.40. The molecule has 1 aliphatic carbocycles. The minimum Gasteiger partial charge on any atom is -0.339 e. The number of carbonyl (C=O) groups excluding carboxylic acids is 1. The van der Waals surface area contributed by atoms with Gasteiger partial charge in [0.2, 0.25) is 5.91 Å². The van der Waals surface area contributed by atoms with Crippen molar-refractivity contribution in [3.63, 3.8) is 0 Å². The molecule has 1 aromatic rings. The third-order valence-corrected chi connectivity index (χ3v) is 4.26. The van der Waals surface area contributed by atoms with Gasteiger partial charge in [-0.15, -0.1) is 23.7 Å². The van der Waals surface area contributed by atoms with Crippen LogP contribution in [0.4, 0.5) is 0 Å².